The summed E-state index contributed by atoms with van der Waals surface area (Å²) in [5.74, 6) is 0. The molecular weight excluding hydrogens is 292 g/mol. The first-order valence-electron chi connectivity index (χ1n) is 9.27. The molecule has 23 heavy (non-hydrogen) atoms. The maximum atomic E-state index is 12.5. The minimum absolute atomic E-state index is 0.0988. The second-order valence-corrected chi connectivity index (χ2v) is 8.61. The van der Waals surface area contributed by atoms with Crippen molar-refractivity contribution in [2.45, 2.75) is 108 Å². The fourth-order valence-corrected chi connectivity index (χ4v) is 4.50. The molecule has 0 aromatic carbocycles. The lowest BCUT2D eigenvalue weighted by Crippen LogP contribution is -2.54. The van der Waals surface area contributed by atoms with Crippen LogP contribution in [0.3, 0.4) is 0 Å². The number of carbonyl (C=O) groups is 1. The minimum Gasteiger partial charge on any atom is -0.444 e. The Bertz CT molecular complexity index is 412. The van der Waals surface area contributed by atoms with E-state index in [0.29, 0.717) is 24.2 Å². The van der Waals surface area contributed by atoms with Crippen LogP contribution in [0.15, 0.2) is 0 Å². The monoisotopic (exact) mass is 324 g/mol. The molecule has 5 nitrogen and oxygen atoms in total. The molecule has 3 fully saturated rings. The van der Waals surface area contributed by atoms with Crippen molar-refractivity contribution >= 4 is 6.09 Å². The molecule has 1 saturated carbocycles. The average Bonchev–Trinajstić information content (AvgIpc) is 2.72. The van der Waals surface area contributed by atoms with Crippen LogP contribution in [0, 0.1) is 0 Å². The van der Waals surface area contributed by atoms with Gasteiger partial charge >= 0.3 is 6.09 Å². The molecule has 132 valence electrons. The molecule has 2 unspecified atom stereocenters. The van der Waals surface area contributed by atoms with Gasteiger partial charge in [0, 0.05) is 24.2 Å². The second kappa shape index (κ2) is 6.60. The van der Waals surface area contributed by atoms with E-state index in [1.54, 1.807) is 0 Å². The van der Waals surface area contributed by atoms with E-state index >= 15 is 0 Å². The number of amides is 1. The molecule has 1 aliphatic carbocycles. The zero-order chi connectivity index (χ0) is 16.6. The largest absolute Gasteiger partial charge is 0.444 e. The molecule has 2 heterocycles. The molecule has 5 heteroatoms. The number of ether oxygens (including phenoxy) is 1. The number of aliphatic hydroxyl groups excluding tert-OH is 1. The third kappa shape index (κ3) is 4.18. The fraction of sp³-hybridized carbons (Fsp3) is 0.944. The highest BCUT2D eigenvalue weighted by atomic mass is 16.6. The van der Waals surface area contributed by atoms with Crippen LogP contribution in [0.1, 0.15) is 72.1 Å². The zero-order valence-corrected chi connectivity index (χ0v) is 14.8. The standard InChI is InChI=1S/C18H32N2O3/c1-18(2,3)23-17(22)20-14-6-7-15(20)11-13(10-14)19-12-4-8-16(21)9-5-12/h12-16,19,21H,4-11H2,1-3H3. The van der Waals surface area contributed by atoms with E-state index in [1.165, 1.54) is 0 Å². The Balaban J connectivity index is 1.53. The van der Waals surface area contributed by atoms with Gasteiger partial charge < -0.3 is 20.1 Å². The van der Waals surface area contributed by atoms with Gasteiger partial charge in [0.1, 0.15) is 5.60 Å². The Labute approximate surface area is 139 Å². The molecule has 3 rings (SSSR count). The van der Waals surface area contributed by atoms with Gasteiger partial charge in [-0.2, -0.15) is 0 Å². The molecule has 1 amide bonds. The predicted molar refractivity (Wildman–Crippen MR) is 89.3 cm³/mol. The number of hydrogen-bond acceptors (Lipinski definition) is 4. The fourth-order valence-electron chi connectivity index (χ4n) is 4.50. The van der Waals surface area contributed by atoms with Crippen LogP contribution >= 0.6 is 0 Å². The number of nitrogens with one attached hydrogen (secondary N) is 1. The van der Waals surface area contributed by atoms with Crippen molar-refractivity contribution in [3.05, 3.63) is 0 Å². The highest BCUT2D eigenvalue weighted by Gasteiger charge is 2.45. The quantitative estimate of drug-likeness (QED) is 0.820. The molecular formula is C18H32N2O3. The van der Waals surface area contributed by atoms with Crippen LogP contribution in [0.5, 0.6) is 0 Å². The molecule has 0 aromatic rings. The smallest absolute Gasteiger partial charge is 0.410 e. The summed E-state index contributed by atoms with van der Waals surface area (Å²) in [4.78, 5) is 14.5. The zero-order valence-electron chi connectivity index (χ0n) is 14.8. The average molecular weight is 324 g/mol. The summed E-state index contributed by atoms with van der Waals surface area (Å²) < 4.78 is 5.59. The topological polar surface area (TPSA) is 61.8 Å². The van der Waals surface area contributed by atoms with Crippen LogP contribution in [-0.2, 0) is 4.74 Å². The van der Waals surface area contributed by atoms with Crippen molar-refractivity contribution in [3.8, 4) is 0 Å². The predicted octanol–water partition coefficient (Wildman–Crippen LogP) is 2.81. The maximum absolute atomic E-state index is 12.5. The lowest BCUT2D eigenvalue weighted by Gasteiger charge is -2.41. The van der Waals surface area contributed by atoms with E-state index in [1.807, 2.05) is 25.7 Å². The van der Waals surface area contributed by atoms with Gasteiger partial charge in [-0.15, -0.1) is 0 Å². The second-order valence-electron chi connectivity index (χ2n) is 8.61. The maximum Gasteiger partial charge on any atom is 0.410 e. The summed E-state index contributed by atoms with van der Waals surface area (Å²) in [5, 5.41) is 13.4. The first-order valence-corrected chi connectivity index (χ1v) is 9.27. The first kappa shape index (κ1) is 17.0. The van der Waals surface area contributed by atoms with Crippen LogP contribution in [0.2, 0.25) is 0 Å². The molecule has 0 aromatic heterocycles. The van der Waals surface area contributed by atoms with Crippen LogP contribution in [0.25, 0.3) is 0 Å². The molecule has 2 atom stereocenters. The molecule has 2 saturated heterocycles. The van der Waals surface area contributed by atoms with Crippen LogP contribution < -0.4 is 5.32 Å². The normalized spacial score (nSPS) is 37.7. The van der Waals surface area contributed by atoms with Gasteiger partial charge in [-0.05, 0) is 72.1 Å². The van der Waals surface area contributed by atoms with Crippen molar-refractivity contribution in [1.29, 1.82) is 0 Å². The van der Waals surface area contributed by atoms with E-state index in [-0.39, 0.29) is 12.2 Å². The summed E-state index contributed by atoms with van der Waals surface area (Å²) in [7, 11) is 0. The SMILES string of the molecule is CC(C)(C)OC(=O)N1C2CCC1CC(NC1CCC(O)CC1)C2. The van der Waals surface area contributed by atoms with Crippen LogP contribution in [0.4, 0.5) is 4.79 Å². The number of carbonyl (C=O) groups excluding carboxylic acids is 1. The Morgan fingerprint density at radius 2 is 1.57 bits per heavy atom. The molecule has 0 radical (unpaired) electrons. The Morgan fingerprint density at radius 1 is 1.00 bits per heavy atom. The summed E-state index contributed by atoms with van der Waals surface area (Å²) in [5.41, 5.74) is -0.422. The highest BCUT2D eigenvalue weighted by molar-refractivity contribution is 5.69. The van der Waals surface area contributed by atoms with E-state index in [4.69, 9.17) is 4.74 Å². The van der Waals surface area contributed by atoms with Gasteiger partial charge in [0.05, 0.1) is 6.10 Å². The van der Waals surface area contributed by atoms with E-state index in [9.17, 15) is 9.90 Å². The van der Waals surface area contributed by atoms with Gasteiger partial charge in [-0.25, -0.2) is 4.79 Å². The number of nitrogens with zero attached hydrogens (tertiary/aromatic N) is 1. The Morgan fingerprint density at radius 3 is 2.09 bits per heavy atom. The summed E-state index contributed by atoms with van der Waals surface area (Å²) in [6.45, 7) is 5.79. The van der Waals surface area contributed by atoms with Gasteiger partial charge in [-0.1, -0.05) is 0 Å². The van der Waals surface area contributed by atoms with Crippen molar-refractivity contribution in [2.24, 2.45) is 0 Å². The minimum atomic E-state index is -0.422. The van der Waals surface area contributed by atoms with E-state index < -0.39 is 5.60 Å². The van der Waals surface area contributed by atoms with Gasteiger partial charge in [0.25, 0.3) is 0 Å². The highest BCUT2D eigenvalue weighted by Crippen LogP contribution is 2.37. The number of aliphatic hydroxyl groups is 1. The van der Waals surface area contributed by atoms with Gasteiger partial charge in [-0.3, -0.25) is 0 Å². The molecule has 2 bridgehead atoms. The van der Waals surface area contributed by atoms with Crippen molar-refractivity contribution in [3.63, 3.8) is 0 Å². The third-order valence-corrected chi connectivity index (χ3v) is 5.51. The number of rotatable bonds is 2. The number of hydrogen-bond donors (Lipinski definition) is 2. The number of piperidine rings is 1. The Hall–Kier alpha value is -0.810. The van der Waals surface area contributed by atoms with Crippen molar-refractivity contribution in [2.75, 3.05) is 0 Å². The lowest BCUT2D eigenvalue weighted by molar-refractivity contribution is 0.00365. The van der Waals surface area contributed by atoms with E-state index in [0.717, 1.165) is 51.4 Å². The van der Waals surface area contributed by atoms with Crippen LogP contribution in [-0.4, -0.2) is 52.0 Å². The summed E-state index contributed by atoms with van der Waals surface area (Å²) in [6, 6.07) is 1.70. The third-order valence-electron chi connectivity index (χ3n) is 5.51. The van der Waals surface area contributed by atoms with Gasteiger partial charge in [0.15, 0.2) is 0 Å². The van der Waals surface area contributed by atoms with Crippen molar-refractivity contribution in [1.82, 2.24) is 10.2 Å². The lowest BCUT2D eigenvalue weighted by atomic mass is 9.90. The van der Waals surface area contributed by atoms with Gasteiger partial charge in [0.2, 0.25) is 0 Å². The molecule has 2 N–H and O–H groups in total. The van der Waals surface area contributed by atoms with Crippen molar-refractivity contribution < 1.29 is 14.6 Å². The molecule has 3 aliphatic rings. The van der Waals surface area contributed by atoms with E-state index in [2.05, 4.69) is 5.32 Å². The molecule has 0 spiro atoms. The summed E-state index contributed by atoms with van der Waals surface area (Å²) >= 11 is 0. The number of fused-ring (bicyclic) bond motifs is 2. The summed E-state index contributed by atoms with van der Waals surface area (Å²) in [6.07, 6.45) is 8.02. The first-order chi connectivity index (χ1) is 10.8. The molecule has 2 aliphatic heterocycles. The Kier molecular flexibility index (Phi) is 4.88.